The van der Waals surface area contributed by atoms with Crippen molar-refractivity contribution >= 4 is 0 Å². The molecule has 0 aliphatic carbocycles. The molecular weight excluding hydrogens is 111 g/mol. The normalized spacial score (nSPS) is 23.1. The van der Waals surface area contributed by atoms with Crippen LogP contribution < -0.4 is 34.7 Å². The number of methoxy groups -OCH3 is 1. The van der Waals surface area contributed by atoms with Gasteiger partial charge in [-0.25, -0.2) is 0 Å². The summed E-state index contributed by atoms with van der Waals surface area (Å²) >= 11 is 0. The molecule has 0 spiro atoms. The molecular formula is C2H3NaO4. The van der Waals surface area contributed by atoms with Crippen molar-refractivity contribution in [2.24, 2.45) is 0 Å². The monoisotopic (exact) mass is 114 g/mol. The average Bonchev–Trinajstić information content (AvgIpc) is 2.22. The molecule has 5 heteroatoms. The average molecular weight is 114 g/mol. The van der Waals surface area contributed by atoms with Gasteiger partial charge in [-0.05, 0) is 0 Å². The van der Waals surface area contributed by atoms with Gasteiger partial charge < -0.3 is 9.84 Å². The van der Waals surface area contributed by atoms with Gasteiger partial charge in [0.15, 0.2) is 0 Å². The van der Waals surface area contributed by atoms with Gasteiger partial charge in [0.05, 0.1) is 0 Å². The Hall–Kier alpha value is 0.840. The van der Waals surface area contributed by atoms with Crippen molar-refractivity contribution in [2.75, 3.05) is 7.11 Å². The van der Waals surface area contributed by atoms with Crippen LogP contribution in [0.5, 0.6) is 0 Å². The van der Waals surface area contributed by atoms with Crippen LogP contribution in [0, 0.1) is 0 Å². The zero-order valence-electron chi connectivity index (χ0n) is 4.13. The van der Waals surface area contributed by atoms with E-state index < -0.39 is 6.16 Å². The van der Waals surface area contributed by atoms with Crippen LogP contribution in [0.1, 0.15) is 0 Å². The SMILES string of the molecule is COC1([O-])OO1.[Na+]. The fourth-order valence-corrected chi connectivity index (χ4v) is 0.102. The number of hydrogen-bond donors (Lipinski definition) is 0. The zero-order chi connectivity index (χ0) is 4.62. The second-order valence-corrected chi connectivity index (χ2v) is 0.871. The van der Waals surface area contributed by atoms with Crippen molar-refractivity contribution in [3.05, 3.63) is 0 Å². The first-order chi connectivity index (χ1) is 2.77. The molecule has 36 valence electrons. The van der Waals surface area contributed by atoms with Gasteiger partial charge in [0.2, 0.25) is 0 Å². The smallest absolute Gasteiger partial charge is 0.778 e. The van der Waals surface area contributed by atoms with Crippen LogP contribution in [0.15, 0.2) is 0 Å². The molecule has 1 heterocycles. The van der Waals surface area contributed by atoms with E-state index in [0.717, 1.165) is 0 Å². The molecule has 0 saturated carbocycles. The first-order valence-electron chi connectivity index (χ1n) is 1.39. The van der Waals surface area contributed by atoms with Crippen molar-refractivity contribution in [1.29, 1.82) is 0 Å². The van der Waals surface area contributed by atoms with Crippen molar-refractivity contribution < 1.29 is 49.2 Å². The number of hydrogen-bond acceptors (Lipinski definition) is 4. The zero-order valence-corrected chi connectivity index (χ0v) is 6.13. The third kappa shape index (κ3) is 2.05. The Bertz CT molecular complexity index is 60.7. The van der Waals surface area contributed by atoms with Gasteiger partial charge in [0, 0.05) is 7.11 Å². The van der Waals surface area contributed by atoms with Crippen molar-refractivity contribution in [2.45, 2.75) is 6.16 Å². The standard InChI is InChI=1S/C2H3O4.Na/c1-4-2(3)5-6-2;/h1H3;/q-1;+1. The Morgan fingerprint density at radius 2 is 2.00 bits per heavy atom. The van der Waals surface area contributed by atoms with Crippen LogP contribution >= 0.6 is 0 Å². The minimum Gasteiger partial charge on any atom is -0.778 e. The topological polar surface area (TPSA) is 57.4 Å². The quantitative estimate of drug-likeness (QED) is 0.149. The molecule has 4 nitrogen and oxygen atoms in total. The first-order valence-corrected chi connectivity index (χ1v) is 1.39. The van der Waals surface area contributed by atoms with E-state index in [2.05, 4.69) is 14.5 Å². The maximum atomic E-state index is 9.92. The van der Waals surface area contributed by atoms with E-state index >= 15 is 0 Å². The van der Waals surface area contributed by atoms with Gasteiger partial charge >= 0.3 is 29.6 Å². The molecule has 0 N–H and O–H groups in total. The first kappa shape index (κ1) is 7.84. The molecule has 1 saturated heterocycles. The van der Waals surface area contributed by atoms with Crippen LogP contribution in [0.2, 0.25) is 0 Å². The minimum atomic E-state index is -1.96. The Morgan fingerprint density at radius 1 is 1.57 bits per heavy atom. The van der Waals surface area contributed by atoms with E-state index in [1.807, 2.05) is 0 Å². The van der Waals surface area contributed by atoms with Gasteiger partial charge in [-0.15, -0.1) is 0 Å². The molecule has 1 rings (SSSR count). The minimum absolute atomic E-state index is 0. The van der Waals surface area contributed by atoms with E-state index in [1.54, 1.807) is 0 Å². The maximum absolute atomic E-state index is 9.92. The summed E-state index contributed by atoms with van der Waals surface area (Å²) in [5.74, 6) is 0. The summed E-state index contributed by atoms with van der Waals surface area (Å²) in [4.78, 5) is 7.53. The Labute approximate surface area is 62.6 Å². The fraction of sp³-hybridized carbons (Fsp3) is 1.00. The van der Waals surface area contributed by atoms with E-state index in [9.17, 15) is 5.11 Å². The number of rotatable bonds is 1. The van der Waals surface area contributed by atoms with Crippen LogP contribution in [0.25, 0.3) is 0 Å². The van der Waals surface area contributed by atoms with Crippen molar-refractivity contribution in [1.82, 2.24) is 0 Å². The Kier molecular flexibility index (Phi) is 2.70. The Morgan fingerprint density at radius 3 is 2.00 bits per heavy atom. The summed E-state index contributed by atoms with van der Waals surface area (Å²) in [5.41, 5.74) is 0. The molecule has 1 fully saturated rings. The molecule has 1 aliphatic heterocycles. The van der Waals surface area contributed by atoms with Gasteiger partial charge in [-0.1, -0.05) is 0 Å². The van der Waals surface area contributed by atoms with Gasteiger partial charge in [-0.3, -0.25) is 0 Å². The molecule has 0 atom stereocenters. The van der Waals surface area contributed by atoms with E-state index in [1.165, 1.54) is 7.11 Å². The fourth-order valence-electron chi connectivity index (χ4n) is 0.102. The van der Waals surface area contributed by atoms with Crippen LogP contribution in [0.4, 0.5) is 0 Å². The second-order valence-electron chi connectivity index (χ2n) is 0.871. The summed E-state index contributed by atoms with van der Waals surface area (Å²) in [6, 6.07) is 0. The summed E-state index contributed by atoms with van der Waals surface area (Å²) in [5, 5.41) is 9.92. The summed E-state index contributed by atoms with van der Waals surface area (Å²) in [7, 11) is 1.21. The molecule has 0 aromatic carbocycles. The molecule has 0 aromatic heterocycles. The van der Waals surface area contributed by atoms with Crippen LogP contribution in [-0.4, -0.2) is 13.3 Å². The summed E-state index contributed by atoms with van der Waals surface area (Å²) < 4.78 is 4.05. The van der Waals surface area contributed by atoms with Gasteiger partial charge in [0.1, 0.15) is 0 Å². The molecule has 1 aliphatic rings. The third-order valence-electron chi connectivity index (χ3n) is 0.469. The second kappa shape index (κ2) is 2.41. The predicted molar refractivity (Wildman–Crippen MR) is 11.9 cm³/mol. The molecule has 0 amide bonds. The van der Waals surface area contributed by atoms with E-state index in [4.69, 9.17) is 0 Å². The third-order valence-corrected chi connectivity index (χ3v) is 0.469. The summed E-state index contributed by atoms with van der Waals surface area (Å²) in [6.07, 6.45) is -1.96. The largest absolute Gasteiger partial charge is 1.00 e. The van der Waals surface area contributed by atoms with Crippen LogP contribution in [0.3, 0.4) is 0 Å². The van der Waals surface area contributed by atoms with Crippen molar-refractivity contribution in [3.8, 4) is 0 Å². The molecule has 0 radical (unpaired) electrons. The van der Waals surface area contributed by atoms with Crippen LogP contribution in [-0.2, 0) is 14.5 Å². The molecule has 0 bridgehead atoms. The maximum Gasteiger partial charge on any atom is 1.00 e. The van der Waals surface area contributed by atoms with E-state index in [0.29, 0.717) is 0 Å². The molecule has 7 heavy (non-hydrogen) atoms. The summed E-state index contributed by atoms with van der Waals surface area (Å²) in [6.45, 7) is 0. The number of ether oxygens (including phenoxy) is 1. The predicted octanol–water partition coefficient (Wildman–Crippen LogP) is -4.43. The molecule has 0 aromatic rings. The Balaban J connectivity index is 0.000000360. The van der Waals surface area contributed by atoms with Gasteiger partial charge in [-0.2, -0.15) is 9.78 Å². The van der Waals surface area contributed by atoms with Gasteiger partial charge in [0.25, 0.3) is 6.16 Å². The van der Waals surface area contributed by atoms with E-state index in [-0.39, 0.29) is 29.6 Å². The van der Waals surface area contributed by atoms with Crippen molar-refractivity contribution in [3.63, 3.8) is 0 Å². The molecule has 0 unspecified atom stereocenters.